The first-order chi connectivity index (χ1) is 18.3. The zero-order valence-electron chi connectivity index (χ0n) is 22.6. The van der Waals surface area contributed by atoms with E-state index in [1.54, 1.807) is 17.3 Å². The molecule has 1 atom stereocenters. The summed E-state index contributed by atoms with van der Waals surface area (Å²) in [6.07, 6.45) is 8.64. The van der Waals surface area contributed by atoms with Crippen LogP contribution < -0.4 is 26.3 Å². The van der Waals surface area contributed by atoms with Crippen molar-refractivity contribution in [1.82, 2.24) is 25.1 Å². The van der Waals surface area contributed by atoms with Crippen LogP contribution in [0.15, 0.2) is 40.1 Å². The molecular formula is C29H38N6O3. The normalized spacial score (nSPS) is 23.0. The summed E-state index contributed by atoms with van der Waals surface area (Å²) in [6.45, 7) is 9.78. The fourth-order valence-corrected chi connectivity index (χ4v) is 5.56. The van der Waals surface area contributed by atoms with Crippen molar-refractivity contribution in [1.29, 1.82) is 0 Å². The molecule has 1 aromatic carbocycles. The number of aliphatic imine (C=N–C) groups is 1. The molecule has 1 aromatic heterocycles. The third kappa shape index (κ3) is 5.83. The van der Waals surface area contributed by atoms with Crippen molar-refractivity contribution in [2.45, 2.75) is 65.0 Å². The highest BCUT2D eigenvalue weighted by Crippen LogP contribution is 2.28. The summed E-state index contributed by atoms with van der Waals surface area (Å²) in [5.74, 6) is 0.0838. The van der Waals surface area contributed by atoms with E-state index in [1.165, 1.54) is 19.3 Å². The van der Waals surface area contributed by atoms with Crippen LogP contribution in [0.1, 0.15) is 58.4 Å². The van der Waals surface area contributed by atoms with Crippen LogP contribution >= 0.6 is 0 Å². The van der Waals surface area contributed by atoms with Crippen LogP contribution in [0, 0.1) is 5.41 Å². The maximum atomic E-state index is 13.3. The van der Waals surface area contributed by atoms with Crippen molar-refractivity contribution in [3.8, 4) is 5.88 Å². The molecule has 9 nitrogen and oxygen atoms in total. The van der Waals surface area contributed by atoms with Crippen molar-refractivity contribution in [3.63, 3.8) is 0 Å². The minimum absolute atomic E-state index is 0.0838. The molecule has 0 radical (unpaired) electrons. The predicted molar refractivity (Wildman–Crippen MR) is 148 cm³/mol. The Morgan fingerprint density at radius 1 is 1.05 bits per heavy atom. The summed E-state index contributed by atoms with van der Waals surface area (Å²) in [5.41, 5.74) is 0.870. The average Bonchev–Trinajstić information content (AvgIpc) is 3.42. The number of ether oxygens (including phenoxy) is 1. The van der Waals surface area contributed by atoms with Crippen LogP contribution in [0.5, 0.6) is 5.88 Å². The van der Waals surface area contributed by atoms with Crippen molar-refractivity contribution in [2.75, 3.05) is 26.2 Å². The number of carbonyl (C=O) groups excluding carboxylic acids is 1. The summed E-state index contributed by atoms with van der Waals surface area (Å²) in [6, 6.07) is 9.84. The highest BCUT2D eigenvalue weighted by molar-refractivity contribution is 5.75. The van der Waals surface area contributed by atoms with E-state index in [2.05, 4.69) is 45.9 Å². The third-order valence-electron chi connectivity index (χ3n) is 7.62. The van der Waals surface area contributed by atoms with Gasteiger partial charge in [-0.1, -0.05) is 57.5 Å². The molecule has 202 valence electrons. The van der Waals surface area contributed by atoms with Gasteiger partial charge in [-0.25, -0.2) is 9.78 Å². The van der Waals surface area contributed by atoms with Crippen LogP contribution in [0.3, 0.4) is 0 Å². The number of nitrogens with one attached hydrogen (secondary N) is 2. The maximum Gasteiger partial charge on any atom is 0.416 e. The molecule has 2 saturated heterocycles. The Labute approximate surface area is 223 Å². The molecule has 0 bridgehead atoms. The van der Waals surface area contributed by atoms with Gasteiger partial charge in [0.05, 0.1) is 18.1 Å². The van der Waals surface area contributed by atoms with E-state index < -0.39 is 6.09 Å². The molecule has 3 aliphatic rings. The molecule has 3 aliphatic heterocycles. The van der Waals surface area contributed by atoms with Crippen LogP contribution in [0.4, 0.5) is 4.79 Å². The molecule has 9 heteroatoms. The standard InChI is InChI=1S/C29H38N6O3/c1-29(2,3)25-23(30-19-31-25)24-26(36)32-22(18-20-10-6-4-7-11-20)27(33-24)38-28(37)35-16-12-21(13-17-35)34-14-8-5-9-15-34/h4,6-7,10-11,18-19,21,25H,5,8-9,12-17H2,1-3H3,(H,30,31)(H,32,36)/b22-18-,24-23-. The highest BCUT2D eigenvalue weighted by atomic mass is 16.6. The van der Waals surface area contributed by atoms with Gasteiger partial charge in [0.25, 0.3) is 5.56 Å². The smallest absolute Gasteiger partial charge is 0.389 e. The Morgan fingerprint density at radius 2 is 1.76 bits per heavy atom. The van der Waals surface area contributed by atoms with E-state index in [0.29, 0.717) is 30.2 Å². The van der Waals surface area contributed by atoms with E-state index >= 15 is 0 Å². The Bertz CT molecular complexity index is 1350. The minimum Gasteiger partial charge on any atom is -0.389 e. The number of nitrogens with zero attached hydrogens (tertiary/aromatic N) is 4. The van der Waals surface area contributed by atoms with Crippen molar-refractivity contribution in [2.24, 2.45) is 10.4 Å². The third-order valence-corrected chi connectivity index (χ3v) is 7.62. The number of carbonyl (C=O) groups is 1. The monoisotopic (exact) mass is 518 g/mol. The van der Waals surface area contributed by atoms with Crippen LogP contribution in [-0.4, -0.2) is 70.5 Å². The Hall–Kier alpha value is -3.46. The van der Waals surface area contributed by atoms with E-state index in [-0.39, 0.29) is 28.2 Å². The number of benzene rings is 1. The minimum atomic E-state index is -0.441. The topological polar surface area (TPSA) is 103 Å². The lowest BCUT2D eigenvalue weighted by molar-refractivity contribution is 0.0870. The fourth-order valence-electron chi connectivity index (χ4n) is 5.56. The summed E-state index contributed by atoms with van der Waals surface area (Å²) in [4.78, 5) is 42.9. The van der Waals surface area contributed by atoms with E-state index in [0.717, 1.165) is 31.5 Å². The SMILES string of the molecule is CC(C)(C)C1N=CN/C1=c1\nc(OC(=O)N2CCC(N3CCCCC3)CC2)/c(=C/c2ccccc2)[nH]c1=O. The van der Waals surface area contributed by atoms with Gasteiger partial charge in [0.1, 0.15) is 5.35 Å². The number of rotatable bonds is 3. The lowest BCUT2D eigenvalue weighted by atomic mass is 9.85. The lowest BCUT2D eigenvalue weighted by Crippen LogP contribution is -2.49. The summed E-state index contributed by atoms with van der Waals surface area (Å²) in [5, 5.41) is 3.63. The molecular weight excluding hydrogens is 480 g/mol. The Morgan fingerprint density at radius 3 is 2.45 bits per heavy atom. The van der Waals surface area contributed by atoms with E-state index in [9.17, 15) is 9.59 Å². The molecule has 4 heterocycles. The molecule has 38 heavy (non-hydrogen) atoms. The summed E-state index contributed by atoms with van der Waals surface area (Å²) < 4.78 is 5.89. The first-order valence-electron chi connectivity index (χ1n) is 13.7. The number of likely N-dealkylation sites (tertiary alicyclic amines) is 2. The van der Waals surface area contributed by atoms with Crippen LogP contribution in [0.25, 0.3) is 11.8 Å². The second-order valence-corrected chi connectivity index (χ2v) is 11.5. The molecule has 2 aromatic rings. The number of hydrogen-bond donors (Lipinski definition) is 2. The molecule has 2 fully saturated rings. The molecule has 1 amide bonds. The van der Waals surface area contributed by atoms with Crippen molar-refractivity contribution >= 4 is 24.2 Å². The fraction of sp³-hybridized carbons (Fsp3) is 0.517. The van der Waals surface area contributed by atoms with E-state index in [1.807, 2.05) is 30.3 Å². The molecule has 5 rings (SSSR count). The first kappa shape index (κ1) is 26.2. The molecule has 1 unspecified atom stereocenters. The van der Waals surface area contributed by atoms with Crippen molar-refractivity contribution < 1.29 is 9.53 Å². The maximum absolute atomic E-state index is 13.3. The van der Waals surface area contributed by atoms with Gasteiger partial charge in [0.2, 0.25) is 5.88 Å². The number of piperidine rings is 2. The Kier molecular flexibility index (Phi) is 7.65. The van der Waals surface area contributed by atoms with Gasteiger partial charge in [0, 0.05) is 19.1 Å². The summed E-state index contributed by atoms with van der Waals surface area (Å²) >= 11 is 0. The number of aromatic amines is 1. The lowest BCUT2D eigenvalue weighted by Gasteiger charge is -2.39. The molecule has 2 N–H and O–H groups in total. The molecule has 0 aliphatic carbocycles. The van der Waals surface area contributed by atoms with Gasteiger partial charge in [-0.3, -0.25) is 9.79 Å². The van der Waals surface area contributed by atoms with Gasteiger partial charge >= 0.3 is 6.09 Å². The average molecular weight is 519 g/mol. The van der Waals surface area contributed by atoms with E-state index in [4.69, 9.17) is 4.74 Å². The van der Waals surface area contributed by atoms with Gasteiger partial charge < -0.3 is 24.8 Å². The van der Waals surface area contributed by atoms with Gasteiger partial charge in [-0.05, 0) is 55.8 Å². The zero-order chi connectivity index (χ0) is 26.7. The predicted octanol–water partition coefficient (Wildman–Crippen LogP) is 2.20. The van der Waals surface area contributed by atoms with Crippen molar-refractivity contribution in [3.05, 3.63) is 56.9 Å². The Balaban J connectivity index is 1.45. The first-order valence-corrected chi connectivity index (χ1v) is 13.7. The highest BCUT2D eigenvalue weighted by Gasteiger charge is 2.32. The second-order valence-electron chi connectivity index (χ2n) is 11.5. The van der Waals surface area contributed by atoms with Gasteiger partial charge in [0.15, 0.2) is 5.35 Å². The number of amides is 1. The molecule has 0 spiro atoms. The van der Waals surface area contributed by atoms with Crippen LogP contribution in [-0.2, 0) is 0 Å². The number of hydrogen-bond acceptors (Lipinski definition) is 7. The number of aromatic nitrogens is 2. The number of H-pyrrole nitrogens is 1. The summed E-state index contributed by atoms with van der Waals surface area (Å²) in [7, 11) is 0. The van der Waals surface area contributed by atoms with Gasteiger partial charge in [-0.2, -0.15) is 0 Å². The second kappa shape index (κ2) is 11.1. The zero-order valence-corrected chi connectivity index (χ0v) is 22.6. The quantitative estimate of drug-likeness (QED) is 0.646. The molecule has 0 saturated carbocycles. The van der Waals surface area contributed by atoms with Gasteiger partial charge in [-0.15, -0.1) is 0 Å². The van der Waals surface area contributed by atoms with Crippen LogP contribution in [0.2, 0.25) is 0 Å². The largest absolute Gasteiger partial charge is 0.416 e.